The van der Waals surface area contributed by atoms with E-state index in [2.05, 4.69) is 10.3 Å². The molecule has 0 saturated heterocycles. The van der Waals surface area contributed by atoms with E-state index in [1.54, 1.807) is 0 Å². The van der Waals surface area contributed by atoms with Gasteiger partial charge in [0.25, 0.3) is 5.91 Å². The van der Waals surface area contributed by atoms with Gasteiger partial charge in [-0.15, -0.1) is 0 Å². The molecule has 1 saturated carbocycles. The van der Waals surface area contributed by atoms with Gasteiger partial charge in [-0.3, -0.25) is 4.79 Å². The van der Waals surface area contributed by atoms with Crippen molar-refractivity contribution in [3.8, 4) is 0 Å². The van der Waals surface area contributed by atoms with Gasteiger partial charge in [0.2, 0.25) is 0 Å². The van der Waals surface area contributed by atoms with Crippen LogP contribution in [0.25, 0.3) is 0 Å². The van der Waals surface area contributed by atoms with Crippen molar-refractivity contribution < 1.29 is 52.4 Å². The fourth-order valence-corrected chi connectivity index (χ4v) is 6.64. The van der Waals surface area contributed by atoms with Gasteiger partial charge in [0.15, 0.2) is 19.7 Å². The topological polar surface area (TPSA) is 110 Å². The van der Waals surface area contributed by atoms with Gasteiger partial charge in [-0.25, -0.2) is 26.2 Å². The minimum atomic E-state index is -4.99. The van der Waals surface area contributed by atoms with Gasteiger partial charge in [-0.2, -0.15) is 26.3 Å². The van der Waals surface area contributed by atoms with Crippen molar-refractivity contribution in [2.75, 3.05) is 6.26 Å². The molecule has 38 heavy (non-hydrogen) atoms. The number of nitrogens with one attached hydrogen (secondary N) is 1. The van der Waals surface area contributed by atoms with Crippen molar-refractivity contribution >= 4 is 25.6 Å². The first-order valence-electron chi connectivity index (χ1n) is 10.8. The maximum absolute atomic E-state index is 13.8. The zero-order chi connectivity index (χ0) is 29.1. The van der Waals surface area contributed by atoms with E-state index in [1.807, 2.05) is 0 Å². The fourth-order valence-electron chi connectivity index (χ4n) is 4.01. The highest BCUT2D eigenvalue weighted by Gasteiger charge is 2.49. The Bertz CT molecular complexity index is 1480. The molecular weight excluding hydrogens is 569 g/mol. The SMILES string of the molecule is CC(C)(C1CC(NC(=O)c2ncc(C(F)(F)F)cc2S(C)(=O)=O)C1)S(=O)(=O)c1cc(F)cc(C(F)(F)F)c1. The maximum atomic E-state index is 13.8. The van der Waals surface area contributed by atoms with Gasteiger partial charge in [0.05, 0.1) is 25.7 Å². The number of aromatic nitrogens is 1. The van der Waals surface area contributed by atoms with Crippen molar-refractivity contribution in [3.63, 3.8) is 0 Å². The van der Waals surface area contributed by atoms with Crippen molar-refractivity contribution in [1.82, 2.24) is 10.3 Å². The van der Waals surface area contributed by atoms with Crippen LogP contribution < -0.4 is 5.32 Å². The molecule has 2 aromatic rings. The second-order valence-electron chi connectivity index (χ2n) is 9.46. The largest absolute Gasteiger partial charge is 0.417 e. The van der Waals surface area contributed by atoms with Crippen molar-refractivity contribution in [3.05, 3.63) is 53.1 Å². The van der Waals surface area contributed by atoms with Gasteiger partial charge in [0.1, 0.15) is 11.5 Å². The molecule has 1 amide bonds. The lowest BCUT2D eigenvalue weighted by Crippen LogP contribution is -2.53. The number of alkyl halides is 6. The van der Waals surface area contributed by atoms with Gasteiger partial charge in [-0.1, -0.05) is 0 Å². The molecule has 0 unspecified atom stereocenters. The van der Waals surface area contributed by atoms with Gasteiger partial charge in [0, 0.05) is 18.5 Å². The van der Waals surface area contributed by atoms with E-state index in [-0.39, 0.29) is 25.0 Å². The van der Waals surface area contributed by atoms with Crippen LogP contribution in [0.3, 0.4) is 0 Å². The van der Waals surface area contributed by atoms with E-state index < -0.39 is 87.1 Å². The monoisotopic (exact) mass is 590 g/mol. The molecular formula is C22H21F7N2O5S2. The fraction of sp³-hybridized carbons (Fsp3) is 0.455. The number of benzene rings is 1. The number of amides is 1. The number of carbonyl (C=O) groups excluding carboxylic acids is 1. The lowest BCUT2D eigenvalue weighted by molar-refractivity contribution is -0.138. The first kappa shape index (κ1) is 29.8. The van der Waals surface area contributed by atoms with Crippen LogP contribution in [0.4, 0.5) is 30.7 Å². The zero-order valence-corrected chi connectivity index (χ0v) is 21.5. The lowest BCUT2D eigenvalue weighted by Gasteiger charge is -2.45. The number of halogens is 7. The van der Waals surface area contributed by atoms with Crippen LogP contribution in [0, 0.1) is 11.7 Å². The predicted molar refractivity (Wildman–Crippen MR) is 119 cm³/mol. The molecule has 1 aliphatic carbocycles. The summed E-state index contributed by atoms with van der Waals surface area (Å²) in [6, 6.07) is 0.525. The van der Waals surface area contributed by atoms with Crippen molar-refractivity contribution in [2.45, 2.75) is 59.6 Å². The molecule has 1 aromatic carbocycles. The Labute approximate surface area is 213 Å². The standard InChI is InChI=1S/C22H21F7N2O5S2/c1-20(2,38(35,36)16-7-12(21(24,25)26)4-14(23)9-16)11-5-15(6-11)31-19(32)18-17(37(3,33)34)8-13(10-30-18)22(27,28)29/h4,7-11,15H,5-6H2,1-3H3,(H,31,32). The minimum absolute atomic E-state index is 0.0196. The van der Waals surface area contributed by atoms with E-state index >= 15 is 0 Å². The third kappa shape index (κ3) is 5.80. The Balaban J connectivity index is 1.80. The molecule has 16 heteroatoms. The molecule has 0 spiro atoms. The van der Waals surface area contributed by atoms with E-state index in [4.69, 9.17) is 0 Å². The van der Waals surface area contributed by atoms with Crippen molar-refractivity contribution in [2.24, 2.45) is 5.92 Å². The second-order valence-corrected chi connectivity index (χ2v) is 14.0. The molecule has 1 fully saturated rings. The normalized spacial score (nSPS) is 19.1. The van der Waals surface area contributed by atoms with Crippen LogP contribution in [-0.4, -0.2) is 44.8 Å². The van der Waals surface area contributed by atoms with Crippen LogP contribution >= 0.6 is 0 Å². The Hall–Kier alpha value is -2.75. The summed E-state index contributed by atoms with van der Waals surface area (Å²) in [6.45, 7) is 2.48. The zero-order valence-electron chi connectivity index (χ0n) is 19.9. The highest BCUT2D eigenvalue weighted by molar-refractivity contribution is 7.92. The summed E-state index contributed by atoms with van der Waals surface area (Å²) in [5.41, 5.74) is -3.64. The Morgan fingerprint density at radius 2 is 1.47 bits per heavy atom. The van der Waals surface area contributed by atoms with Crippen molar-refractivity contribution in [1.29, 1.82) is 0 Å². The third-order valence-corrected chi connectivity index (χ3v) is 10.1. The van der Waals surface area contributed by atoms with E-state index in [0.29, 0.717) is 24.6 Å². The van der Waals surface area contributed by atoms with Gasteiger partial charge >= 0.3 is 12.4 Å². The second kappa shape index (κ2) is 9.47. The third-order valence-electron chi connectivity index (χ3n) is 6.45. The summed E-state index contributed by atoms with van der Waals surface area (Å²) in [7, 11) is -8.80. The Kier molecular flexibility index (Phi) is 7.42. The summed E-state index contributed by atoms with van der Waals surface area (Å²) < 4.78 is 141. The number of nitrogens with zero attached hydrogens (tertiary/aromatic N) is 1. The van der Waals surface area contributed by atoms with Crippen LogP contribution in [0.15, 0.2) is 40.3 Å². The van der Waals surface area contributed by atoms with Crippen LogP contribution in [-0.2, 0) is 32.0 Å². The summed E-state index contributed by atoms with van der Waals surface area (Å²) >= 11 is 0. The smallest absolute Gasteiger partial charge is 0.348 e. The molecule has 0 radical (unpaired) electrons. The molecule has 0 bridgehead atoms. The van der Waals surface area contributed by atoms with Crippen LogP contribution in [0.2, 0.25) is 0 Å². The molecule has 0 aliphatic heterocycles. The molecule has 1 aliphatic rings. The number of hydrogen-bond acceptors (Lipinski definition) is 6. The average molecular weight is 591 g/mol. The maximum Gasteiger partial charge on any atom is 0.417 e. The highest BCUT2D eigenvalue weighted by atomic mass is 32.2. The lowest BCUT2D eigenvalue weighted by atomic mass is 9.73. The first-order valence-corrected chi connectivity index (χ1v) is 14.1. The predicted octanol–water partition coefficient (Wildman–Crippen LogP) is 4.42. The quantitative estimate of drug-likeness (QED) is 0.499. The summed E-state index contributed by atoms with van der Waals surface area (Å²) in [4.78, 5) is 14.2. The van der Waals surface area contributed by atoms with Crippen LogP contribution in [0.1, 0.15) is 48.3 Å². The van der Waals surface area contributed by atoms with Crippen LogP contribution in [0.5, 0.6) is 0 Å². The number of pyridine rings is 1. The average Bonchev–Trinajstić information content (AvgIpc) is 2.72. The van der Waals surface area contributed by atoms with E-state index in [0.717, 1.165) is 0 Å². The van der Waals surface area contributed by atoms with Gasteiger partial charge < -0.3 is 5.32 Å². The summed E-state index contributed by atoms with van der Waals surface area (Å²) in [5.74, 6) is -3.22. The molecule has 3 rings (SSSR count). The molecule has 0 atom stereocenters. The number of hydrogen-bond donors (Lipinski definition) is 1. The van der Waals surface area contributed by atoms with E-state index in [9.17, 15) is 52.4 Å². The molecule has 1 aromatic heterocycles. The number of rotatable bonds is 6. The Morgan fingerprint density at radius 3 is 1.97 bits per heavy atom. The number of carbonyl (C=O) groups is 1. The molecule has 1 heterocycles. The number of sulfone groups is 2. The Morgan fingerprint density at radius 1 is 0.921 bits per heavy atom. The molecule has 210 valence electrons. The first-order chi connectivity index (χ1) is 17.0. The highest BCUT2D eigenvalue weighted by Crippen LogP contribution is 2.44. The molecule has 1 N–H and O–H groups in total. The molecule has 7 nitrogen and oxygen atoms in total. The summed E-state index contributed by atoms with van der Waals surface area (Å²) in [5, 5.41) is 2.38. The summed E-state index contributed by atoms with van der Waals surface area (Å²) in [6.07, 6.45) is -9.04. The minimum Gasteiger partial charge on any atom is -0.348 e. The van der Waals surface area contributed by atoms with Gasteiger partial charge in [-0.05, 0) is 56.9 Å². The van der Waals surface area contributed by atoms with E-state index in [1.165, 1.54) is 13.8 Å².